The van der Waals surface area contributed by atoms with Gasteiger partial charge in [-0.3, -0.25) is 0 Å². The Morgan fingerprint density at radius 3 is 2.85 bits per heavy atom. The van der Waals surface area contributed by atoms with Crippen molar-refractivity contribution in [2.45, 2.75) is 25.0 Å². The monoisotopic (exact) mass is 188 g/mol. The SMILES string of the molecule is COCC(O)CNC1CCNCC1. The van der Waals surface area contributed by atoms with E-state index < -0.39 is 0 Å². The summed E-state index contributed by atoms with van der Waals surface area (Å²) in [6, 6.07) is 0.563. The molecule has 1 aliphatic rings. The quantitative estimate of drug-likeness (QED) is 0.536. The van der Waals surface area contributed by atoms with Crippen LogP contribution in [-0.2, 0) is 4.74 Å². The van der Waals surface area contributed by atoms with Gasteiger partial charge in [0.25, 0.3) is 0 Å². The molecule has 1 fully saturated rings. The number of aliphatic hydroxyl groups excluding tert-OH is 1. The summed E-state index contributed by atoms with van der Waals surface area (Å²) in [5.74, 6) is 0. The molecular formula is C9H20N2O2. The van der Waals surface area contributed by atoms with Crippen molar-refractivity contribution in [1.82, 2.24) is 10.6 Å². The molecule has 0 aromatic heterocycles. The smallest absolute Gasteiger partial charge is 0.0897 e. The van der Waals surface area contributed by atoms with Gasteiger partial charge in [0, 0.05) is 19.7 Å². The molecule has 1 aliphatic heterocycles. The first kappa shape index (κ1) is 10.9. The molecule has 0 spiro atoms. The van der Waals surface area contributed by atoms with E-state index in [9.17, 15) is 5.11 Å². The molecule has 0 radical (unpaired) electrons. The normalized spacial score (nSPS) is 21.7. The molecule has 0 aromatic carbocycles. The summed E-state index contributed by atoms with van der Waals surface area (Å²) >= 11 is 0. The molecule has 1 heterocycles. The third-order valence-electron chi connectivity index (χ3n) is 2.34. The lowest BCUT2D eigenvalue weighted by Gasteiger charge is -2.24. The predicted molar refractivity (Wildman–Crippen MR) is 51.8 cm³/mol. The molecule has 0 aromatic rings. The zero-order valence-corrected chi connectivity index (χ0v) is 8.25. The van der Waals surface area contributed by atoms with Gasteiger partial charge in [-0.1, -0.05) is 0 Å². The van der Waals surface area contributed by atoms with E-state index >= 15 is 0 Å². The minimum absolute atomic E-state index is 0.375. The highest BCUT2D eigenvalue weighted by molar-refractivity contribution is 4.75. The molecule has 3 N–H and O–H groups in total. The average molecular weight is 188 g/mol. The van der Waals surface area contributed by atoms with E-state index in [1.807, 2.05) is 0 Å². The summed E-state index contributed by atoms with van der Waals surface area (Å²) in [4.78, 5) is 0. The highest BCUT2D eigenvalue weighted by atomic mass is 16.5. The van der Waals surface area contributed by atoms with Crippen LogP contribution in [0.3, 0.4) is 0 Å². The highest BCUT2D eigenvalue weighted by Crippen LogP contribution is 2.01. The van der Waals surface area contributed by atoms with Crippen molar-refractivity contribution in [2.75, 3.05) is 33.4 Å². The second kappa shape index (κ2) is 6.32. The zero-order chi connectivity index (χ0) is 9.52. The van der Waals surface area contributed by atoms with Crippen LogP contribution in [-0.4, -0.2) is 50.6 Å². The van der Waals surface area contributed by atoms with Gasteiger partial charge in [-0.05, 0) is 25.9 Å². The fraction of sp³-hybridized carbons (Fsp3) is 1.00. The van der Waals surface area contributed by atoms with E-state index in [0.29, 0.717) is 19.2 Å². The first-order valence-electron chi connectivity index (χ1n) is 4.94. The summed E-state index contributed by atoms with van der Waals surface area (Å²) in [5.41, 5.74) is 0. The van der Waals surface area contributed by atoms with Crippen LogP contribution in [0.1, 0.15) is 12.8 Å². The van der Waals surface area contributed by atoms with E-state index in [1.54, 1.807) is 7.11 Å². The second-order valence-corrected chi connectivity index (χ2v) is 3.54. The summed E-state index contributed by atoms with van der Waals surface area (Å²) in [5, 5.41) is 16.0. The molecule has 1 unspecified atom stereocenters. The maximum atomic E-state index is 9.38. The van der Waals surface area contributed by atoms with Crippen LogP contribution >= 0.6 is 0 Å². The largest absolute Gasteiger partial charge is 0.389 e. The Morgan fingerprint density at radius 1 is 1.54 bits per heavy atom. The number of hydrogen-bond acceptors (Lipinski definition) is 4. The molecule has 0 saturated carbocycles. The summed E-state index contributed by atoms with van der Waals surface area (Å²) in [7, 11) is 1.60. The van der Waals surface area contributed by atoms with Gasteiger partial charge in [0.2, 0.25) is 0 Å². The first-order chi connectivity index (χ1) is 6.33. The van der Waals surface area contributed by atoms with Crippen molar-refractivity contribution in [3.8, 4) is 0 Å². The molecule has 1 rings (SSSR count). The number of ether oxygens (including phenoxy) is 1. The van der Waals surface area contributed by atoms with E-state index in [-0.39, 0.29) is 6.10 Å². The van der Waals surface area contributed by atoms with Crippen molar-refractivity contribution in [3.05, 3.63) is 0 Å². The van der Waals surface area contributed by atoms with E-state index in [4.69, 9.17) is 4.74 Å². The number of methoxy groups -OCH3 is 1. The minimum atomic E-state index is -0.375. The average Bonchev–Trinajstić information content (AvgIpc) is 2.17. The Hall–Kier alpha value is -0.160. The van der Waals surface area contributed by atoms with Gasteiger partial charge in [-0.25, -0.2) is 0 Å². The van der Waals surface area contributed by atoms with E-state index in [0.717, 1.165) is 25.9 Å². The van der Waals surface area contributed by atoms with E-state index in [2.05, 4.69) is 10.6 Å². The fourth-order valence-corrected chi connectivity index (χ4v) is 1.58. The van der Waals surface area contributed by atoms with E-state index in [1.165, 1.54) is 0 Å². The number of aliphatic hydroxyl groups is 1. The summed E-state index contributed by atoms with van der Waals surface area (Å²) in [6.45, 7) is 3.21. The maximum absolute atomic E-state index is 9.38. The Bertz CT molecular complexity index is 127. The first-order valence-corrected chi connectivity index (χ1v) is 4.94. The molecule has 0 bridgehead atoms. The van der Waals surface area contributed by atoms with Gasteiger partial charge in [0.15, 0.2) is 0 Å². The molecule has 4 nitrogen and oxygen atoms in total. The van der Waals surface area contributed by atoms with Gasteiger partial charge in [-0.15, -0.1) is 0 Å². The minimum Gasteiger partial charge on any atom is -0.389 e. The van der Waals surface area contributed by atoms with Crippen LogP contribution in [0.15, 0.2) is 0 Å². The topological polar surface area (TPSA) is 53.5 Å². The third-order valence-corrected chi connectivity index (χ3v) is 2.34. The van der Waals surface area contributed by atoms with Gasteiger partial charge < -0.3 is 20.5 Å². The van der Waals surface area contributed by atoms with Crippen LogP contribution in [0.4, 0.5) is 0 Å². The predicted octanol–water partition coefficient (Wildman–Crippen LogP) is -0.665. The van der Waals surface area contributed by atoms with Crippen LogP contribution in [0.25, 0.3) is 0 Å². The van der Waals surface area contributed by atoms with Crippen LogP contribution < -0.4 is 10.6 Å². The molecule has 0 amide bonds. The number of nitrogens with one attached hydrogen (secondary N) is 2. The van der Waals surface area contributed by atoms with Crippen LogP contribution in [0.2, 0.25) is 0 Å². The molecule has 78 valence electrons. The highest BCUT2D eigenvalue weighted by Gasteiger charge is 2.13. The maximum Gasteiger partial charge on any atom is 0.0897 e. The lowest BCUT2D eigenvalue weighted by Crippen LogP contribution is -2.43. The fourth-order valence-electron chi connectivity index (χ4n) is 1.58. The summed E-state index contributed by atoms with van der Waals surface area (Å²) in [6.07, 6.45) is 1.93. The number of rotatable bonds is 5. The molecule has 4 heteroatoms. The summed E-state index contributed by atoms with van der Waals surface area (Å²) < 4.78 is 4.84. The lowest BCUT2D eigenvalue weighted by atomic mass is 10.1. The Balaban J connectivity index is 2.03. The molecule has 13 heavy (non-hydrogen) atoms. The van der Waals surface area contributed by atoms with Gasteiger partial charge in [0.05, 0.1) is 12.7 Å². The second-order valence-electron chi connectivity index (χ2n) is 3.54. The van der Waals surface area contributed by atoms with Crippen molar-refractivity contribution >= 4 is 0 Å². The van der Waals surface area contributed by atoms with Crippen LogP contribution in [0.5, 0.6) is 0 Å². The molecule has 1 atom stereocenters. The van der Waals surface area contributed by atoms with Crippen molar-refractivity contribution in [3.63, 3.8) is 0 Å². The van der Waals surface area contributed by atoms with Crippen molar-refractivity contribution < 1.29 is 9.84 Å². The standard InChI is InChI=1S/C9H20N2O2/c1-13-7-9(12)6-11-8-2-4-10-5-3-8/h8-12H,2-7H2,1H3. The Morgan fingerprint density at radius 2 is 2.23 bits per heavy atom. The third kappa shape index (κ3) is 4.57. The molecule has 0 aliphatic carbocycles. The van der Waals surface area contributed by atoms with Gasteiger partial charge in [-0.2, -0.15) is 0 Å². The lowest BCUT2D eigenvalue weighted by molar-refractivity contribution is 0.0619. The van der Waals surface area contributed by atoms with Gasteiger partial charge >= 0.3 is 0 Å². The number of piperidine rings is 1. The molecular weight excluding hydrogens is 168 g/mol. The number of hydrogen-bond donors (Lipinski definition) is 3. The van der Waals surface area contributed by atoms with Crippen molar-refractivity contribution in [2.24, 2.45) is 0 Å². The molecule has 1 saturated heterocycles. The zero-order valence-electron chi connectivity index (χ0n) is 8.25. The van der Waals surface area contributed by atoms with Gasteiger partial charge in [0.1, 0.15) is 0 Å². The Kier molecular flexibility index (Phi) is 5.31. The Labute approximate surface area is 79.7 Å². The van der Waals surface area contributed by atoms with Crippen LogP contribution in [0, 0.1) is 0 Å². The van der Waals surface area contributed by atoms with Crippen molar-refractivity contribution in [1.29, 1.82) is 0 Å².